The zero-order valence-corrected chi connectivity index (χ0v) is 9.44. The maximum atomic E-state index is 11.3. The molecule has 1 aliphatic heterocycles. The molecule has 1 spiro atoms. The summed E-state index contributed by atoms with van der Waals surface area (Å²) < 4.78 is 4.95. The van der Waals surface area contributed by atoms with Crippen molar-refractivity contribution in [2.75, 3.05) is 6.61 Å². The van der Waals surface area contributed by atoms with Crippen molar-refractivity contribution in [1.82, 2.24) is 5.32 Å². The molecular formula is C11H19NO2. The highest BCUT2D eigenvalue weighted by molar-refractivity contribution is 5.70. The Kier molecular flexibility index (Phi) is 1.71. The van der Waals surface area contributed by atoms with Crippen molar-refractivity contribution >= 4 is 6.09 Å². The lowest BCUT2D eigenvalue weighted by atomic mass is 9.42. The highest BCUT2D eigenvalue weighted by Gasteiger charge is 2.66. The lowest BCUT2D eigenvalue weighted by Gasteiger charge is -2.68. The molecule has 0 aromatic heterocycles. The molecule has 2 fully saturated rings. The molecule has 2 rings (SSSR count). The van der Waals surface area contributed by atoms with Crippen molar-refractivity contribution < 1.29 is 9.53 Å². The van der Waals surface area contributed by atoms with E-state index < -0.39 is 0 Å². The molecule has 0 radical (unpaired) electrons. The molecule has 1 amide bonds. The molecule has 1 heterocycles. The van der Waals surface area contributed by atoms with Gasteiger partial charge in [0.2, 0.25) is 0 Å². The van der Waals surface area contributed by atoms with Crippen molar-refractivity contribution in [3.8, 4) is 0 Å². The van der Waals surface area contributed by atoms with Gasteiger partial charge in [0.1, 0.15) is 0 Å². The van der Waals surface area contributed by atoms with Crippen LogP contribution in [-0.4, -0.2) is 18.2 Å². The molecule has 1 N–H and O–H groups in total. The monoisotopic (exact) mass is 197 g/mol. The van der Waals surface area contributed by atoms with E-state index in [2.05, 4.69) is 33.0 Å². The van der Waals surface area contributed by atoms with Crippen LogP contribution < -0.4 is 5.32 Å². The van der Waals surface area contributed by atoms with Gasteiger partial charge in [0, 0.05) is 6.42 Å². The third-order valence-electron chi connectivity index (χ3n) is 4.22. The first-order chi connectivity index (χ1) is 6.31. The molecule has 0 unspecified atom stereocenters. The predicted octanol–water partition coefficient (Wildman–Crippen LogP) is 2.31. The summed E-state index contributed by atoms with van der Waals surface area (Å²) in [7, 11) is 0. The van der Waals surface area contributed by atoms with E-state index in [0.717, 1.165) is 12.8 Å². The van der Waals surface area contributed by atoms with Gasteiger partial charge in [0.15, 0.2) is 0 Å². The van der Waals surface area contributed by atoms with Crippen LogP contribution in [0.15, 0.2) is 0 Å². The minimum absolute atomic E-state index is 0.0602. The minimum atomic E-state index is -0.253. The fraction of sp³-hybridized carbons (Fsp3) is 0.909. The number of cyclic esters (lactones) is 1. The highest BCUT2D eigenvalue weighted by atomic mass is 16.6. The maximum Gasteiger partial charge on any atom is 0.407 e. The molecule has 0 aromatic rings. The number of alkyl carbamates (subject to hydrolysis) is 1. The first kappa shape index (κ1) is 9.81. The Morgan fingerprint density at radius 2 is 1.79 bits per heavy atom. The topological polar surface area (TPSA) is 38.3 Å². The van der Waals surface area contributed by atoms with Crippen LogP contribution in [0.3, 0.4) is 0 Å². The molecule has 0 bridgehead atoms. The number of hydrogen-bond acceptors (Lipinski definition) is 2. The molecule has 2 aliphatic rings. The van der Waals surface area contributed by atoms with Gasteiger partial charge in [0.25, 0.3) is 0 Å². The molecule has 1 saturated carbocycles. The average molecular weight is 197 g/mol. The van der Waals surface area contributed by atoms with Gasteiger partial charge in [-0.25, -0.2) is 4.79 Å². The van der Waals surface area contributed by atoms with E-state index in [9.17, 15) is 4.79 Å². The van der Waals surface area contributed by atoms with Crippen LogP contribution in [0.25, 0.3) is 0 Å². The highest BCUT2D eigenvalue weighted by Crippen LogP contribution is 2.63. The SMILES string of the molecule is CC1(C)CC(C)(C)C12CCOC(=O)N2. The van der Waals surface area contributed by atoms with E-state index in [0.29, 0.717) is 6.61 Å². The van der Waals surface area contributed by atoms with E-state index in [1.54, 1.807) is 0 Å². The summed E-state index contributed by atoms with van der Waals surface area (Å²) in [6.07, 6.45) is 1.83. The molecule has 0 atom stereocenters. The Hall–Kier alpha value is -0.730. The molecule has 3 nitrogen and oxygen atoms in total. The number of amides is 1. The van der Waals surface area contributed by atoms with Crippen molar-refractivity contribution in [2.45, 2.75) is 46.1 Å². The van der Waals surface area contributed by atoms with Crippen LogP contribution in [0.4, 0.5) is 4.79 Å². The smallest absolute Gasteiger partial charge is 0.407 e. The van der Waals surface area contributed by atoms with Gasteiger partial charge in [-0.15, -0.1) is 0 Å². The van der Waals surface area contributed by atoms with Crippen LogP contribution >= 0.6 is 0 Å². The van der Waals surface area contributed by atoms with E-state index in [1.165, 1.54) is 0 Å². The Bertz CT molecular complexity index is 267. The Balaban J connectivity index is 2.32. The molecule has 1 saturated heterocycles. The van der Waals surface area contributed by atoms with E-state index in [4.69, 9.17) is 4.74 Å². The fourth-order valence-electron chi connectivity index (χ4n) is 3.80. The zero-order valence-electron chi connectivity index (χ0n) is 9.44. The molecule has 1 aliphatic carbocycles. The van der Waals surface area contributed by atoms with E-state index >= 15 is 0 Å². The third-order valence-corrected chi connectivity index (χ3v) is 4.22. The summed E-state index contributed by atoms with van der Waals surface area (Å²) in [6, 6.07) is 0. The first-order valence-electron chi connectivity index (χ1n) is 5.26. The van der Waals surface area contributed by atoms with E-state index in [-0.39, 0.29) is 22.5 Å². The number of carbonyl (C=O) groups is 1. The number of ether oxygens (including phenoxy) is 1. The summed E-state index contributed by atoms with van der Waals surface area (Å²) in [5.74, 6) is 0. The quantitative estimate of drug-likeness (QED) is 0.647. The number of nitrogens with one attached hydrogen (secondary N) is 1. The summed E-state index contributed by atoms with van der Waals surface area (Å²) >= 11 is 0. The second-order valence-corrected chi connectivity index (χ2v) is 5.86. The summed E-state index contributed by atoms with van der Waals surface area (Å²) in [5, 5.41) is 3.05. The van der Waals surface area contributed by atoms with Gasteiger partial charge in [-0.2, -0.15) is 0 Å². The Morgan fingerprint density at radius 3 is 2.14 bits per heavy atom. The van der Waals surface area contributed by atoms with Gasteiger partial charge in [-0.05, 0) is 17.3 Å². The van der Waals surface area contributed by atoms with Crippen LogP contribution in [0.5, 0.6) is 0 Å². The zero-order chi connectivity index (χ0) is 10.6. The Morgan fingerprint density at radius 1 is 1.21 bits per heavy atom. The third kappa shape index (κ3) is 0.956. The molecule has 0 aromatic carbocycles. The summed E-state index contributed by atoms with van der Waals surface area (Å²) in [5.41, 5.74) is 0.321. The second-order valence-electron chi connectivity index (χ2n) is 5.86. The largest absolute Gasteiger partial charge is 0.449 e. The standard InChI is InChI=1S/C11H19NO2/c1-9(2)7-10(3,4)11(9)5-6-14-8(13)12-11/h5-7H2,1-4H3,(H,12,13). The first-order valence-corrected chi connectivity index (χ1v) is 5.26. The van der Waals surface area contributed by atoms with Crippen molar-refractivity contribution in [1.29, 1.82) is 0 Å². The van der Waals surface area contributed by atoms with E-state index in [1.807, 2.05) is 0 Å². The molecular weight excluding hydrogens is 178 g/mol. The Labute approximate surface area is 85.2 Å². The van der Waals surface area contributed by atoms with Crippen molar-refractivity contribution in [3.05, 3.63) is 0 Å². The van der Waals surface area contributed by atoms with Gasteiger partial charge in [-0.1, -0.05) is 27.7 Å². The number of rotatable bonds is 0. The summed E-state index contributed by atoms with van der Waals surface area (Å²) in [6.45, 7) is 9.46. The van der Waals surface area contributed by atoms with Crippen LogP contribution in [0.2, 0.25) is 0 Å². The van der Waals surface area contributed by atoms with Crippen LogP contribution in [-0.2, 0) is 4.74 Å². The van der Waals surface area contributed by atoms with Crippen LogP contribution in [0.1, 0.15) is 40.5 Å². The molecule has 80 valence electrons. The van der Waals surface area contributed by atoms with Gasteiger partial charge in [-0.3, -0.25) is 0 Å². The molecule has 3 heteroatoms. The fourth-order valence-corrected chi connectivity index (χ4v) is 3.80. The van der Waals surface area contributed by atoms with Gasteiger partial charge in [0.05, 0.1) is 12.1 Å². The predicted molar refractivity (Wildman–Crippen MR) is 54.0 cm³/mol. The van der Waals surface area contributed by atoms with Crippen molar-refractivity contribution in [2.24, 2.45) is 10.8 Å². The minimum Gasteiger partial charge on any atom is -0.449 e. The summed E-state index contributed by atoms with van der Waals surface area (Å²) in [4.78, 5) is 11.3. The van der Waals surface area contributed by atoms with Crippen LogP contribution in [0, 0.1) is 10.8 Å². The number of carbonyl (C=O) groups excluding carboxylic acids is 1. The molecule has 14 heavy (non-hydrogen) atoms. The number of hydrogen-bond donors (Lipinski definition) is 1. The maximum absolute atomic E-state index is 11.3. The van der Waals surface area contributed by atoms with Crippen molar-refractivity contribution in [3.63, 3.8) is 0 Å². The average Bonchev–Trinajstić information content (AvgIpc) is 2.01. The normalized spacial score (nSPS) is 31.6. The van der Waals surface area contributed by atoms with Gasteiger partial charge >= 0.3 is 6.09 Å². The second kappa shape index (κ2) is 2.44. The van der Waals surface area contributed by atoms with Gasteiger partial charge < -0.3 is 10.1 Å². The lowest BCUT2D eigenvalue weighted by molar-refractivity contribution is -0.151. The lowest BCUT2D eigenvalue weighted by Crippen LogP contribution is -2.76.